The molecule has 0 saturated carbocycles. The van der Waals surface area contributed by atoms with Crippen molar-refractivity contribution < 1.29 is 4.79 Å². The number of nitrogens with one attached hydrogen (secondary N) is 2. The SMILES string of the molecule is O=C(CCn1ccnn1)NCCc1cnc[nH]1. The average molecular weight is 234 g/mol. The summed E-state index contributed by atoms with van der Waals surface area (Å²) in [5, 5.41) is 10.3. The van der Waals surface area contributed by atoms with Crippen molar-refractivity contribution in [1.82, 2.24) is 30.3 Å². The van der Waals surface area contributed by atoms with Crippen molar-refractivity contribution in [3.8, 4) is 0 Å². The summed E-state index contributed by atoms with van der Waals surface area (Å²) in [6, 6.07) is 0. The van der Waals surface area contributed by atoms with Crippen molar-refractivity contribution in [3.63, 3.8) is 0 Å². The van der Waals surface area contributed by atoms with E-state index in [1.54, 1.807) is 29.6 Å². The number of nitrogens with zero attached hydrogens (tertiary/aromatic N) is 4. The van der Waals surface area contributed by atoms with Crippen LogP contribution >= 0.6 is 0 Å². The minimum atomic E-state index is 0.0139. The third-order valence-corrected chi connectivity index (χ3v) is 2.31. The van der Waals surface area contributed by atoms with Gasteiger partial charge in [0, 0.05) is 37.5 Å². The first-order valence-corrected chi connectivity index (χ1v) is 5.42. The molecular weight excluding hydrogens is 220 g/mol. The molecule has 7 nitrogen and oxygen atoms in total. The average Bonchev–Trinajstić information content (AvgIpc) is 2.99. The maximum atomic E-state index is 11.5. The van der Waals surface area contributed by atoms with Crippen LogP contribution in [0.2, 0.25) is 0 Å². The Hall–Kier alpha value is -2.18. The van der Waals surface area contributed by atoms with E-state index in [2.05, 4.69) is 25.6 Å². The number of carbonyl (C=O) groups is 1. The molecule has 0 aromatic carbocycles. The van der Waals surface area contributed by atoms with E-state index >= 15 is 0 Å². The number of carbonyl (C=O) groups excluding carboxylic acids is 1. The topological polar surface area (TPSA) is 88.5 Å². The predicted octanol–water partition coefficient (Wildman–Crippen LogP) is -0.250. The summed E-state index contributed by atoms with van der Waals surface area (Å²) >= 11 is 0. The van der Waals surface area contributed by atoms with Crippen LogP contribution < -0.4 is 5.32 Å². The molecular formula is C10H14N6O. The third kappa shape index (κ3) is 3.71. The van der Waals surface area contributed by atoms with Gasteiger partial charge in [0.05, 0.1) is 19.1 Å². The van der Waals surface area contributed by atoms with E-state index in [1.807, 2.05) is 0 Å². The van der Waals surface area contributed by atoms with Gasteiger partial charge in [0.1, 0.15) is 0 Å². The first-order valence-electron chi connectivity index (χ1n) is 5.42. The standard InChI is InChI=1S/C10H14N6O/c17-10(2-5-16-6-4-14-15-16)12-3-1-9-7-11-8-13-9/h4,6-8H,1-3,5H2,(H,11,13)(H,12,17). The summed E-state index contributed by atoms with van der Waals surface area (Å²) in [4.78, 5) is 18.4. The zero-order valence-corrected chi connectivity index (χ0v) is 9.33. The number of hydrogen-bond donors (Lipinski definition) is 2. The second kappa shape index (κ2) is 5.78. The zero-order chi connectivity index (χ0) is 11.9. The van der Waals surface area contributed by atoms with E-state index in [-0.39, 0.29) is 5.91 Å². The van der Waals surface area contributed by atoms with E-state index in [0.29, 0.717) is 19.5 Å². The first-order chi connectivity index (χ1) is 8.34. The van der Waals surface area contributed by atoms with E-state index in [9.17, 15) is 4.79 Å². The molecule has 0 unspecified atom stereocenters. The van der Waals surface area contributed by atoms with Gasteiger partial charge in [-0.05, 0) is 0 Å². The molecule has 0 spiro atoms. The summed E-state index contributed by atoms with van der Waals surface area (Å²) in [5.74, 6) is 0.0139. The Labute approximate surface area is 98.2 Å². The van der Waals surface area contributed by atoms with Gasteiger partial charge in [-0.25, -0.2) is 4.98 Å². The van der Waals surface area contributed by atoms with Crippen molar-refractivity contribution in [2.24, 2.45) is 0 Å². The summed E-state index contributed by atoms with van der Waals surface area (Å²) in [5.41, 5.74) is 1.02. The Morgan fingerprint density at radius 3 is 3.18 bits per heavy atom. The second-order valence-corrected chi connectivity index (χ2v) is 3.59. The lowest BCUT2D eigenvalue weighted by molar-refractivity contribution is -0.121. The van der Waals surface area contributed by atoms with Gasteiger partial charge in [-0.3, -0.25) is 9.48 Å². The van der Waals surface area contributed by atoms with E-state index in [1.165, 1.54) is 0 Å². The highest BCUT2D eigenvalue weighted by atomic mass is 16.1. The van der Waals surface area contributed by atoms with Crippen molar-refractivity contribution >= 4 is 5.91 Å². The lowest BCUT2D eigenvalue weighted by Crippen LogP contribution is -2.26. The van der Waals surface area contributed by atoms with E-state index in [0.717, 1.165) is 12.1 Å². The van der Waals surface area contributed by atoms with Crippen LogP contribution in [0.15, 0.2) is 24.9 Å². The molecule has 0 aliphatic carbocycles. The van der Waals surface area contributed by atoms with Crippen molar-refractivity contribution in [1.29, 1.82) is 0 Å². The summed E-state index contributed by atoms with van der Waals surface area (Å²) in [6.07, 6.45) is 7.87. The molecule has 0 saturated heterocycles. The number of rotatable bonds is 6. The Kier molecular flexibility index (Phi) is 3.85. The molecule has 0 aliphatic rings. The van der Waals surface area contributed by atoms with Crippen molar-refractivity contribution in [2.75, 3.05) is 6.54 Å². The number of H-pyrrole nitrogens is 1. The van der Waals surface area contributed by atoms with Crippen LogP contribution in [0.1, 0.15) is 12.1 Å². The van der Waals surface area contributed by atoms with Gasteiger partial charge in [-0.2, -0.15) is 0 Å². The smallest absolute Gasteiger partial charge is 0.221 e. The molecule has 2 heterocycles. The van der Waals surface area contributed by atoms with Gasteiger partial charge in [0.25, 0.3) is 0 Å². The van der Waals surface area contributed by atoms with E-state index in [4.69, 9.17) is 0 Å². The number of aryl methyl sites for hydroxylation is 1. The van der Waals surface area contributed by atoms with Gasteiger partial charge in [0.15, 0.2) is 0 Å². The highest BCUT2D eigenvalue weighted by Gasteiger charge is 2.02. The fraction of sp³-hybridized carbons (Fsp3) is 0.400. The maximum Gasteiger partial charge on any atom is 0.221 e. The highest BCUT2D eigenvalue weighted by Crippen LogP contribution is 1.92. The molecule has 2 aromatic rings. The molecule has 1 amide bonds. The monoisotopic (exact) mass is 234 g/mol. The number of aromatic amines is 1. The number of imidazole rings is 1. The molecule has 0 aliphatic heterocycles. The van der Waals surface area contributed by atoms with Gasteiger partial charge >= 0.3 is 0 Å². The van der Waals surface area contributed by atoms with Crippen LogP contribution in [0, 0.1) is 0 Å². The van der Waals surface area contributed by atoms with Gasteiger partial charge in [0.2, 0.25) is 5.91 Å². The van der Waals surface area contributed by atoms with Crippen molar-refractivity contribution in [2.45, 2.75) is 19.4 Å². The lowest BCUT2D eigenvalue weighted by atomic mass is 10.3. The summed E-state index contributed by atoms with van der Waals surface area (Å²) in [6.45, 7) is 1.16. The third-order valence-electron chi connectivity index (χ3n) is 2.31. The van der Waals surface area contributed by atoms with Crippen LogP contribution in [0.3, 0.4) is 0 Å². The normalized spacial score (nSPS) is 10.4. The summed E-state index contributed by atoms with van der Waals surface area (Å²) < 4.78 is 1.63. The van der Waals surface area contributed by atoms with Crippen LogP contribution in [0.25, 0.3) is 0 Å². The Bertz CT molecular complexity index is 435. The zero-order valence-electron chi connectivity index (χ0n) is 9.33. The quantitative estimate of drug-likeness (QED) is 0.721. The van der Waals surface area contributed by atoms with Crippen LogP contribution in [0.5, 0.6) is 0 Å². The second-order valence-electron chi connectivity index (χ2n) is 3.59. The first kappa shape index (κ1) is 11.3. The largest absolute Gasteiger partial charge is 0.356 e. The van der Waals surface area contributed by atoms with E-state index < -0.39 is 0 Å². The highest BCUT2D eigenvalue weighted by molar-refractivity contribution is 5.75. The van der Waals surface area contributed by atoms with Crippen molar-refractivity contribution in [3.05, 3.63) is 30.6 Å². The Balaban J connectivity index is 1.61. The van der Waals surface area contributed by atoms with Crippen LogP contribution in [-0.4, -0.2) is 37.4 Å². The fourth-order valence-corrected chi connectivity index (χ4v) is 1.41. The molecule has 0 atom stereocenters. The molecule has 2 aromatic heterocycles. The minimum Gasteiger partial charge on any atom is -0.356 e. The van der Waals surface area contributed by atoms with Gasteiger partial charge in [-0.15, -0.1) is 5.10 Å². The number of aromatic nitrogens is 5. The fourth-order valence-electron chi connectivity index (χ4n) is 1.41. The Morgan fingerprint density at radius 1 is 1.53 bits per heavy atom. The number of hydrogen-bond acceptors (Lipinski definition) is 4. The summed E-state index contributed by atoms with van der Waals surface area (Å²) in [7, 11) is 0. The molecule has 0 radical (unpaired) electrons. The van der Waals surface area contributed by atoms with Crippen LogP contribution in [0.4, 0.5) is 0 Å². The van der Waals surface area contributed by atoms with Gasteiger partial charge < -0.3 is 10.3 Å². The molecule has 90 valence electrons. The van der Waals surface area contributed by atoms with Gasteiger partial charge in [-0.1, -0.05) is 5.21 Å². The molecule has 0 bridgehead atoms. The molecule has 2 rings (SSSR count). The molecule has 7 heteroatoms. The Morgan fingerprint density at radius 2 is 2.47 bits per heavy atom. The molecule has 0 fully saturated rings. The minimum absolute atomic E-state index is 0.0139. The maximum absolute atomic E-state index is 11.5. The van der Waals surface area contributed by atoms with Crippen LogP contribution in [-0.2, 0) is 17.8 Å². The molecule has 2 N–H and O–H groups in total. The molecule has 17 heavy (non-hydrogen) atoms. The lowest BCUT2D eigenvalue weighted by Gasteiger charge is -2.03. The number of amides is 1. The predicted molar refractivity (Wildman–Crippen MR) is 59.9 cm³/mol.